The summed E-state index contributed by atoms with van der Waals surface area (Å²) >= 11 is 5.41. The Morgan fingerprint density at radius 1 is 1.67 bits per heavy atom. The number of nitrogens with zero attached hydrogens (tertiary/aromatic N) is 1. The Hall–Kier alpha value is 0.100. The molecule has 1 saturated heterocycles. The average molecular weight is 289 g/mol. The van der Waals surface area contributed by atoms with Crippen molar-refractivity contribution in [1.82, 2.24) is 4.90 Å². The monoisotopic (exact) mass is 288 g/mol. The van der Waals surface area contributed by atoms with Gasteiger partial charge in [0.2, 0.25) is 0 Å². The van der Waals surface area contributed by atoms with Crippen molar-refractivity contribution in [1.29, 1.82) is 0 Å². The molecule has 2 nitrogen and oxygen atoms in total. The van der Waals surface area contributed by atoms with Crippen LogP contribution >= 0.6 is 27.3 Å². The first kappa shape index (κ1) is 11.6. The van der Waals surface area contributed by atoms with Gasteiger partial charge in [-0.05, 0) is 53.2 Å². The lowest BCUT2D eigenvalue weighted by atomic mass is 10.1. The van der Waals surface area contributed by atoms with Crippen molar-refractivity contribution in [2.75, 3.05) is 13.1 Å². The third-order valence-electron chi connectivity index (χ3n) is 3.16. The zero-order chi connectivity index (χ0) is 10.8. The third kappa shape index (κ3) is 2.61. The zero-order valence-electron chi connectivity index (χ0n) is 8.95. The van der Waals surface area contributed by atoms with Crippen LogP contribution < -0.4 is 5.73 Å². The summed E-state index contributed by atoms with van der Waals surface area (Å²) in [6.07, 6.45) is 1.25. The van der Waals surface area contributed by atoms with E-state index >= 15 is 0 Å². The summed E-state index contributed by atoms with van der Waals surface area (Å²) in [5.41, 5.74) is 5.73. The molecular weight excluding hydrogens is 272 g/mol. The van der Waals surface area contributed by atoms with E-state index in [4.69, 9.17) is 5.73 Å². The van der Waals surface area contributed by atoms with Gasteiger partial charge in [0.05, 0.1) is 0 Å². The van der Waals surface area contributed by atoms with Crippen LogP contribution in [0.2, 0.25) is 0 Å². The molecule has 2 N–H and O–H groups in total. The minimum Gasteiger partial charge on any atom is -0.330 e. The minimum atomic E-state index is 0.674. The molecule has 84 valence electrons. The first-order chi connectivity index (χ1) is 7.20. The second-order valence-corrected chi connectivity index (χ2v) is 6.16. The van der Waals surface area contributed by atoms with E-state index < -0.39 is 0 Å². The van der Waals surface area contributed by atoms with E-state index in [0.717, 1.165) is 19.6 Å². The molecule has 1 aliphatic heterocycles. The largest absolute Gasteiger partial charge is 0.330 e. The molecule has 1 aliphatic rings. The molecule has 2 unspecified atom stereocenters. The average Bonchev–Trinajstić information content (AvgIpc) is 2.76. The van der Waals surface area contributed by atoms with Gasteiger partial charge in [0.25, 0.3) is 0 Å². The summed E-state index contributed by atoms with van der Waals surface area (Å²) in [6, 6.07) is 2.80. The van der Waals surface area contributed by atoms with E-state index in [0.29, 0.717) is 12.0 Å². The maximum atomic E-state index is 5.73. The smallest absolute Gasteiger partial charge is 0.0342 e. The summed E-state index contributed by atoms with van der Waals surface area (Å²) in [4.78, 5) is 3.97. The van der Waals surface area contributed by atoms with E-state index in [1.807, 2.05) is 11.3 Å². The summed E-state index contributed by atoms with van der Waals surface area (Å²) < 4.78 is 1.25. The van der Waals surface area contributed by atoms with Crippen LogP contribution in [-0.4, -0.2) is 24.0 Å². The second kappa shape index (κ2) is 4.95. The molecule has 1 fully saturated rings. The highest BCUT2D eigenvalue weighted by atomic mass is 79.9. The maximum Gasteiger partial charge on any atom is 0.0342 e. The molecule has 0 aromatic carbocycles. The Morgan fingerprint density at radius 2 is 2.47 bits per heavy atom. The first-order valence-corrected chi connectivity index (χ1v) is 7.04. The second-order valence-electron chi connectivity index (χ2n) is 4.31. The fourth-order valence-electron chi connectivity index (χ4n) is 2.23. The van der Waals surface area contributed by atoms with E-state index in [1.165, 1.54) is 15.8 Å². The van der Waals surface area contributed by atoms with Crippen LogP contribution in [0.1, 0.15) is 18.2 Å². The fourth-order valence-corrected chi connectivity index (χ4v) is 3.73. The molecule has 15 heavy (non-hydrogen) atoms. The summed E-state index contributed by atoms with van der Waals surface area (Å²) in [6.45, 7) is 5.35. The molecule has 2 heterocycles. The van der Waals surface area contributed by atoms with E-state index in [9.17, 15) is 0 Å². The van der Waals surface area contributed by atoms with Crippen LogP contribution in [0.25, 0.3) is 0 Å². The number of rotatable bonds is 3. The van der Waals surface area contributed by atoms with Crippen molar-refractivity contribution in [2.45, 2.75) is 25.9 Å². The highest BCUT2D eigenvalue weighted by Gasteiger charge is 2.28. The highest BCUT2D eigenvalue weighted by Crippen LogP contribution is 2.29. The Balaban J connectivity index is 1.98. The summed E-state index contributed by atoms with van der Waals surface area (Å²) in [5, 5.41) is 2.14. The minimum absolute atomic E-state index is 0.674. The number of hydrogen-bond acceptors (Lipinski definition) is 3. The van der Waals surface area contributed by atoms with Gasteiger partial charge >= 0.3 is 0 Å². The Morgan fingerprint density at radius 3 is 3.00 bits per heavy atom. The van der Waals surface area contributed by atoms with Crippen molar-refractivity contribution < 1.29 is 0 Å². The van der Waals surface area contributed by atoms with Crippen LogP contribution in [0, 0.1) is 5.92 Å². The Kier molecular flexibility index (Phi) is 3.83. The molecule has 2 rings (SSSR count). The number of thiophene rings is 1. The SMILES string of the molecule is CC1CC(CN)CN1Cc1sccc1Br. The van der Waals surface area contributed by atoms with Gasteiger partial charge in [-0.2, -0.15) is 0 Å². The Bertz CT molecular complexity index is 326. The summed E-state index contributed by atoms with van der Waals surface area (Å²) in [5.74, 6) is 0.693. The van der Waals surface area contributed by atoms with Gasteiger partial charge in [-0.3, -0.25) is 4.90 Å². The van der Waals surface area contributed by atoms with Gasteiger partial charge < -0.3 is 5.73 Å². The molecule has 0 amide bonds. The number of halogens is 1. The molecule has 4 heteroatoms. The van der Waals surface area contributed by atoms with Crippen LogP contribution in [0.3, 0.4) is 0 Å². The number of likely N-dealkylation sites (tertiary alicyclic amines) is 1. The fraction of sp³-hybridized carbons (Fsp3) is 0.636. The van der Waals surface area contributed by atoms with Crippen LogP contribution in [0.5, 0.6) is 0 Å². The molecule has 0 aliphatic carbocycles. The van der Waals surface area contributed by atoms with E-state index in [-0.39, 0.29) is 0 Å². The molecule has 1 aromatic rings. The van der Waals surface area contributed by atoms with Crippen molar-refractivity contribution in [3.05, 3.63) is 20.8 Å². The van der Waals surface area contributed by atoms with E-state index in [2.05, 4.69) is 39.2 Å². The van der Waals surface area contributed by atoms with Gasteiger partial charge in [0.15, 0.2) is 0 Å². The van der Waals surface area contributed by atoms with Crippen molar-refractivity contribution in [3.63, 3.8) is 0 Å². The number of nitrogens with two attached hydrogens (primary N) is 1. The van der Waals surface area contributed by atoms with Gasteiger partial charge in [-0.1, -0.05) is 0 Å². The third-order valence-corrected chi connectivity index (χ3v) is 5.07. The maximum absolute atomic E-state index is 5.73. The Labute approximate surface area is 104 Å². The lowest BCUT2D eigenvalue weighted by Crippen LogP contribution is -2.27. The highest BCUT2D eigenvalue weighted by molar-refractivity contribution is 9.10. The van der Waals surface area contributed by atoms with E-state index in [1.54, 1.807) is 0 Å². The lowest BCUT2D eigenvalue weighted by molar-refractivity contribution is 0.258. The van der Waals surface area contributed by atoms with Crippen LogP contribution in [0.15, 0.2) is 15.9 Å². The van der Waals surface area contributed by atoms with Gasteiger partial charge in [0.1, 0.15) is 0 Å². The molecule has 1 aromatic heterocycles. The zero-order valence-corrected chi connectivity index (χ0v) is 11.4. The molecule has 0 radical (unpaired) electrons. The normalized spacial score (nSPS) is 27.4. The lowest BCUT2D eigenvalue weighted by Gasteiger charge is -2.20. The molecular formula is C11H17BrN2S. The van der Waals surface area contributed by atoms with Crippen molar-refractivity contribution in [2.24, 2.45) is 11.7 Å². The molecule has 0 saturated carbocycles. The molecule has 2 atom stereocenters. The van der Waals surface area contributed by atoms with Crippen LogP contribution in [-0.2, 0) is 6.54 Å². The topological polar surface area (TPSA) is 29.3 Å². The van der Waals surface area contributed by atoms with Gasteiger partial charge in [0, 0.05) is 28.5 Å². The quantitative estimate of drug-likeness (QED) is 0.927. The first-order valence-electron chi connectivity index (χ1n) is 5.36. The summed E-state index contributed by atoms with van der Waals surface area (Å²) in [7, 11) is 0. The standard InChI is InChI=1S/C11H17BrN2S/c1-8-4-9(5-13)6-14(8)7-11-10(12)2-3-15-11/h2-3,8-9H,4-7,13H2,1H3. The van der Waals surface area contributed by atoms with Gasteiger partial charge in [-0.15, -0.1) is 11.3 Å². The molecule has 0 bridgehead atoms. The van der Waals surface area contributed by atoms with Crippen LogP contribution in [0.4, 0.5) is 0 Å². The predicted molar refractivity (Wildman–Crippen MR) is 69.1 cm³/mol. The van der Waals surface area contributed by atoms with Crippen molar-refractivity contribution >= 4 is 27.3 Å². The van der Waals surface area contributed by atoms with Gasteiger partial charge in [-0.25, -0.2) is 0 Å². The predicted octanol–water partition coefficient (Wildman–Crippen LogP) is 2.68. The number of hydrogen-bond donors (Lipinski definition) is 1. The molecule has 0 spiro atoms. The van der Waals surface area contributed by atoms with Crippen molar-refractivity contribution in [3.8, 4) is 0 Å².